The van der Waals surface area contributed by atoms with Crippen LogP contribution in [0.4, 0.5) is 0 Å². The molecule has 2 aliphatic heterocycles. The largest absolute Gasteiger partial charge is 0.381 e. The van der Waals surface area contributed by atoms with Crippen molar-refractivity contribution < 1.29 is 4.74 Å². The molecular weight excluding hydrogens is 174 g/mol. The van der Waals surface area contributed by atoms with E-state index in [4.69, 9.17) is 4.74 Å². The third-order valence-electron chi connectivity index (χ3n) is 3.37. The lowest BCUT2D eigenvalue weighted by molar-refractivity contribution is 0.00189. The minimum atomic E-state index is 0.540. The Morgan fingerprint density at radius 1 is 1.29 bits per heavy atom. The lowest BCUT2D eigenvalue weighted by Crippen LogP contribution is -2.45. The molecule has 2 rings (SSSR count). The highest BCUT2D eigenvalue weighted by atomic mass is 16.5. The number of rotatable bonds is 0. The Hall–Kier alpha value is -0.340. The predicted octanol–water partition coefficient (Wildman–Crippen LogP) is 2.45. The second-order valence-corrected chi connectivity index (χ2v) is 4.27. The van der Waals surface area contributed by atoms with Gasteiger partial charge >= 0.3 is 0 Å². The van der Waals surface area contributed by atoms with Gasteiger partial charge in [-0.3, -0.25) is 0 Å². The molecule has 0 amide bonds. The van der Waals surface area contributed by atoms with E-state index in [9.17, 15) is 0 Å². The van der Waals surface area contributed by atoms with Crippen LogP contribution in [0.2, 0.25) is 0 Å². The van der Waals surface area contributed by atoms with E-state index in [2.05, 4.69) is 18.5 Å². The van der Waals surface area contributed by atoms with Crippen LogP contribution in [0.25, 0.3) is 0 Å². The van der Waals surface area contributed by atoms with Gasteiger partial charge in [0.05, 0.1) is 0 Å². The lowest BCUT2D eigenvalue weighted by atomic mass is 9.88. The molecule has 0 atom stereocenters. The van der Waals surface area contributed by atoms with E-state index >= 15 is 0 Å². The third-order valence-corrected chi connectivity index (χ3v) is 3.37. The molecule has 0 aromatic rings. The van der Waals surface area contributed by atoms with E-state index in [1.165, 1.54) is 32.2 Å². The predicted molar refractivity (Wildman–Crippen MR) is 60.5 cm³/mol. The molecule has 2 heteroatoms. The van der Waals surface area contributed by atoms with Gasteiger partial charge in [0.15, 0.2) is 0 Å². The fourth-order valence-electron chi connectivity index (χ4n) is 2.46. The fraction of sp³-hybridized carbons (Fsp3) is 0.833. The molecule has 2 nitrogen and oxygen atoms in total. The van der Waals surface area contributed by atoms with E-state index in [1.54, 1.807) is 6.08 Å². The van der Waals surface area contributed by atoms with Gasteiger partial charge in [-0.2, -0.15) is 0 Å². The Kier molecular flexibility index (Phi) is 4.63. The van der Waals surface area contributed by atoms with E-state index in [0.717, 1.165) is 13.2 Å². The van der Waals surface area contributed by atoms with Crippen molar-refractivity contribution in [2.75, 3.05) is 26.8 Å². The van der Waals surface area contributed by atoms with E-state index < -0.39 is 0 Å². The molecule has 0 aliphatic carbocycles. The molecule has 2 fully saturated rings. The molecule has 0 unspecified atom stereocenters. The maximum Gasteiger partial charge on any atom is 0.0483 e. The van der Waals surface area contributed by atoms with Crippen molar-refractivity contribution in [2.24, 2.45) is 0 Å². The number of hydrogen-bond acceptors (Lipinski definition) is 2. The summed E-state index contributed by atoms with van der Waals surface area (Å²) in [6.07, 6.45) is 7.04. The van der Waals surface area contributed by atoms with Gasteiger partial charge in [0.25, 0.3) is 0 Å². The minimum absolute atomic E-state index is 0.540. The van der Waals surface area contributed by atoms with Gasteiger partial charge in [-0.15, -0.1) is 6.58 Å². The topological polar surface area (TPSA) is 12.5 Å². The highest BCUT2D eigenvalue weighted by Crippen LogP contribution is 2.36. The first kappa shape index (κ1) is 11.7. The fourth-order valence-corrected chi connectivity index (χ4v) is 2.46. The molecule has 2 heterocycles. The zero-order valence-corrected chi connectivity index (χ0v) is 9.59. The number of likely N-dealkylation sites (tertiary alicyclic amines) is 1. The van der Waals surface area contributed by atoms with Crippen LogP contribution in [-0.4, -0.2) is 37.2 Å². The second-order valence-electron chi connectivity index (χ2n) is 4.27. The van der Waals surface area contributed by atoms with E-state index in [-0.39, 0.29) is 0 Å². The highest BCUT2D eigenvalue weighted by Gasteiger charge is 2.39. The zero-order chi connectivity index (χ0) is 10.4. The summed E-state index contributed by atoms with van der Waals surface area (Å²) >= 11 is 0. The van der Waals surface area contributed by atoms with Crippen molar-refractivity contribution in [1.82, 2.24) is 4.90 Å². The van der Waals surface area contributed by atoms with Crippen molar-refractivity contribution in [3.05, 3.63) is 12.7 Å². The minimum Gasteiger partial charge on any atom is -0.381 e. The van der Waals surface area contributed by atoms with Gasteiger partial charge < -0.3 is 9.64 Å². The average molecular weight is 197 g/mol. The Bertz CT molecular complexity index is 173. The molecule has 2 saturated heterocycles. The molecule has 0 saturated carbocycles. The molecular formula is C12H23NO. The Balaban J connectivity index is 0.000000293. The van der Waals surface area contributed by atoms with Crippen LogP contribution in [0.3, 0.4) is 0 Å². The molecule has 0 radical (unpaired) electrons. The Morgan fingerprint density at radius 3 is 2.29 bits per heavy atom. The molecule has 14 heavy (non-hydrogen) atoms. The summed E-state index contributed by atoms with van der Waals surface area (Å²) in [5, 5.41) is 0. The SMILES string of the molecule is C=CC.CN1CCCC12CCOCC2. The smallest absolute Gasteiger partial charge is 0.0483 e. The van der Waals surface area contributed by atoms with Crippen molar-refractivity contribution in [3.63, 3.8) is 0 Å². The van der Waals surface area contributed by atoms with Crippen molar-refractivity contribution in [2.45, 2.75) is 38.1 Å². The normalized spacial score (nSPS) is 25.6. The maximum absolute atomic E-state index is 5.38. The monoisotopic (exact) mass is 197 g/mol. The van der Waals surface area contributed by atoms with Gasteiger partial charge in [-0.05, 0) is 46.2 Å². The summed E-state index contributed by atoms with van der Waals surface area (Å²) in [6.45, 7) is 8.49. The van der Waals surface area contributed by atoms with Crippen LogP contribution in [0, 0.1) is 0 Å². The first-order valence-corrected chi connectivity index (χ1v) is 5.61. The second kappa shape index (κ2) is 5.52. The van der Waals surface area contributed by atoms with Gasteiger partial charge in [-0.1, -0.05) is 6.08 Å². The number of nitrogens with zero attached hydrogens (tertiary/aromatic N) is 1. The molecule has 0 N–H and O–H groups in total. The van der Waals surface area contributed by atoms with Crippen LogP contribution < -0.4 is 0 Å². The molecule has 1 spiro atoms. The summed E-state index contributed by atoms with van der Waals surface area (Å²) in [5.41, 5.74) is 0.540. The van der Waals surface area contributed by atoms with Gasteiger partial charge in [0.2, 0.25) is 0 Å². The van der Waals surface area contributed by atoms with Crippen molar-refractivity contribution >= 4 is 0 Å². The van der Waals surface area contributed by atoms with Crippen molar-refractivity contribution in [3.8, 4) is 0 Å². The van der Waals surface area contributed by atoms with Crippen LogP contribution in [0.5, 0.6) is 0 Å². The van der Waals surface area contributed by atoms with Crippen molar-refractivity contribution in [1.29, 1.82) is 0 Å². The highest BCUT2D eigenvalue weighted by molar-refractivity contribution is 4.95. The quantitative estimate of drug-likeness (QED) is 0.553. The van der Waals surface area contributed by atoms with E-state index in [0.29, 0.717) is 5.54 Å². The summed E-state index contributed by atoms with van der Waals surface area (Å²) < 4.78 is 5.38. The summed E-state index contributed by atoms with van der Waals surface area (Å²) in [5.74, 6) is 0. The van der Waals surface area contributed by atoms with E-state index in [1.807, 2.05) is 6.92 Å². The zero-order valence-electron chi connectivity index (χ0n) is 9.59. The van der Waals surface area contributed by atoms with Gasteiger partial charge in [-0.25, -0.2) is 0 Å². The Labute approximate surface area is 87.9 Å². The average Bonchev–Trinajstić information content (AvgIpc) is 2.51. The van der Waals surface area contributed by atoms with Crippen LogP contribution in [-0.2, 0) is 4.74 Å². The first-order valence-electron chi connectivity index (χ1n) is 5.61. The molecule has 0 bridgehead atoms. The first-order chi connectivity index (χ1) is 6.75. The molecule has 0 aromatic heterocycles. The maximum atomic E-state index is 5.38. The molecule has 0 aromatic carbocycles. The summed E-state index contributed by atoms with van der Waals surface area (Å²) in [4.78, 5) is 2.54. The summed E-state index contributed by atoms with van der Waals surface area (Å²) in [6, 6.07) is 0. The number of ether oxygens (including phenoxy) is 1. The molecule has 2 aliphatic rings. The number of hydrogen-bond donors (Lipinski definition) is 0. The van der Waals surface area contributed by atoms with Gasteiger partial charge in [0, 0.05) is 18.8 Å². The van der Waals surface area contributed by atoms with Crippen LogP contribution in [0.15, 0.2) is 12.7 Å². The summed E-state index contributed by atoms with van der Waals surface area (Å²) in [7, 11) is 2.26. The van der Waals surface area contributed by atoms with Crippen LogP contribution in [0.1, 0.15) is 32.6 Å². The van der Waals surface area contributed by atoms with Gasteiger partial charge in [0.1, 0.15) is 0 Å². The Morgan fingerprint density at radius 2 is 1.86 bits per heavy atom. The lowest BCUT2D eigenvalue weighted by Gasteiger charge is -2.39. The third kappa shape index (κ3) is 2.58. The van der Waals surface area contributed by atoms with Crippen LogP contribution >= 0.6 is 0 Å². The number of allylic oxidation sites excluding steroid dienone is 1. The standard InChI is InChI=1S/C9H17NO.C3H6/c1-10-6-2-3-9(10)4-7-11-8-5-9;1-3-2/h2-8H2,1H3;3H,1H2,2H3. The molecule has 82 valence electrons.